The smallest absolute Gasteiger partial charge is 0.232 e. The summed E-state index contributed by atoms with van der Waals surface area (Å²) >= 11 is 0. The maximum absolute atomic E-state index is 12.9. The molecule has 26 heavy (non-hydrogen) atoms. The molecular formula is C20H32ClN3O2. The number of rotatable bonds is 7. The molecule has 0 radical (unpaired) electrons. The summed E-state index contributed by atoms with van der Waals surface area (Å²) in [5.41, 5.74) is 8.38. The average Bonchev–Trinajstić information content (AvgIpc) is 3.04. The van der Waals surface area contributed by atoms with Crippen molar-refractivity contribution in [1.82, 2.24) is 5.32 Å². The first-order valence-corrected chi connectivity index (χ1v) is 9.23. The van der Waals surface area contributed by atoms with Crippen molar-refractivity contribution in [3.05, 3.63) is 29.3 Å². The Kier molecular flexibility index (Phi) is 8.57. The average molecular weight is 382 g/mol. The SMILES string of the molecule is Cc1ccc(NC(=O)C2(CNC(=O)CCC(C)N)CCCC2)cc1C.Cl. The Morgan fingerprint density at radius 2 is 1.85 bits per heavy atom. The van der Waals surface area contributed by atoms with Crippen LogP contribution in [0.25, 0.3) is 0 Å². The number of hydrogen-bond acceptors (Lipinski definition) is 3. The minimum Gasteiger partial charge on any atom is -0.355 e. The van der Waals surface area contributed by atoms with Gasteiger partial charge in [-0.3, -0.25) is 9.59 Å². The van der Waals surface area contributed by atoms with E-state index in [-0.39, 0.29) is 30.3 Å². The van der Waals surface area contributed by atoms with Gasteiger partial charge in [-0.05, 0) is 63.3 Å². The van der Waals surface area contributed by atoms with Gasteiger partial charge in [0.05, 0.1) is 5.41 Å². The summed E-state index contributed by atoms with van der Waals surface area (Å²) in [6.07, 6.45) is 4.75. The lowest BCUT2D eigenvalue weighted by Gasteiger charge is -2.28. The molecule has 0 spiro atoms. The van der Waals surface area contributed by atoms with E-state index in [1.54, 1.807) is 0 Å². The Bertz CT molecular complexity index is 625. The molecule has 5 nitrogen and oxygen atoms in total. The normalized spacial score (nSPS) is 16.5. The van der Waals surface area contributed by atoms with Gasteiger partial charge in [0.15, 0.2) is 0 Å². The monoisotopic (exact) mass is 381 g/mol. The van der Waals surface area contributed by atoms with E-state index in [0.717, 1.165) is 36.9 Å². The summed E-state index contributed by atoms with van der Waals surface area (Å²) in [7, 11) is 0. The molecule has 1 aliphatic rings. The number of amides is 2. The second-order valence-electron chi connectivity index (χ2n) is 7.53. The molecule has 2 rings (SSSR count). The number of nitrogens with one attached hydrogen (secondary N) is 2. The zero-order valence-electron chi connectivity index (χ0n) is 16.1. The Morgan fingerprint density at radius 3 is 2.42 bits per heavy atom. The fraction of sp³-hybridized carbons (Fsp3) is 0.600. The Labute approximate surface area is 162 Å². The van der Waals surface area contributed by atoms with Gasteiger partial charge in [-0.25, -0.2) is 0 Å². The van der Waals surface area contributed by atoms with Gasteiger partial charge in [-0.2, -0.15) is 0 Å². The lowest BCUT2D eigenvalue weighted by molar-refractivity contribution is -0.126. The van der Waals surface area contributed by atoms with Crippen LogP contribution < -0.4 is 16.4 Å². The molecule has 1 aliphatic carbocycles. The van der Waals surface area contributed by atoms with Crippen molar-refractivity contribution < 1.29 is 9.59 Å². The van der Waals surface area contributed by atoms with Crippen LogP contribution in [0.5, 0.6) is 0 Å². The van der Waals surface area contributed by atoms with E-state index in [9.17, 15) is 9.59 Å². The molecule has 0 heterocycles. The van der Waals surface area contributed by atoms with Crippen molar-refractivity contribution >= 4 is 29.9 Å². The summed E-state index contributed by atoms with van der Waals surface area (Å²) in [6, 6.07) is 5.96. The predicted molar refractivity (Wildman–Crippen MR) is 109 cm³/mol. The highest BCUT2D eigenvalue weighted by atomic mass is 35.5. The lowest BCUT2D eigenvalue weighted by atomic mass is 9.84. The number of hydrogen-bond donors (Lipinski definition) is 3. The Balaban J connectivity index is 0.00000338. The van der Waals surface area contributed by atoms with Gasteiger partial charge >= 0.3 is 0 Å². The van der Waals surface area contributed by atoms with Gasteiger partial charge in [0, 0.05) is 24.7 Å². The van der Waals surface area contributed by atoms with Crippen molar-refractivity contribution in [2.24, 2.45) is 11.1 Å². The summed E-state index contributed by atoms with van der Waals surface area (Å²) in [4.78, 5) is 24.9. The first-order valence-electron chi connectivity index (χ1n) is 9.23. The second kappa shape index (κ2) is 9.93. The summed E-state index contributed by atoms with van der Waals surface area (Å²) in [6.45, 7) is 6.39. The van der Waals surface area contributed by atoms with E-state index >= 15 is 0 Å². The molecule has 1 fully saturated rings. The summed E-state index contributed by atoms with van der Waals surface area (Å²) in [5.74, 6) is -0.0108. The molecule has 1 aromatic rings. The number of benzene rings is 1. The lowest BCUT2D eigenvalue weighted by Crippen LogP contribution is -2.44. The van der Waals surface area contributed by atoms with E-state index in [1.165, 1.54) is 5.56 Å². The van der Waals surface area contributed by atoms with Crippen LogP contribution in [-0.4, -0.2) is 24.4 Å². The van der Waals surface area contributed by atoms with E-state index in [2.05, 4.69) is 17.6 Å². The van der Waals surface area contributed by atoms with Crippen molar-refractivity contribution in [3.63, 3.8) is 0 Å². The Hall–Kier alpha value is -1.59. The second-order valence-corrected chi connectivity index (χ2v) is 7.53. The number of carbonyl (C=O) groups is 2. The molecule has 1 atom stereocenters. The molecule has 2 amide bonds. The predicted octanol–water partition coefficient (Wildman–Crippen LogP) is 3.47. The zero-order chi connectivity index (χ0) is 18.4. The third-order valence-corrected chi connectivity index (χ3v) is 5.26. The molecule has 0 saturated heterocycles. The van der Waals surface area contributed by atoms with E-state index in [0.29, 0.717) is 19.4 Å². The number of anilines is 1. The number of aryl methyl sites for hydroxylation is 2. The maximum Gasteiger partial charge on any atom is 0.232 e. The fourth-order valence-electron chi connectivity index (χ4n) is 3.33. The van der Waals surface area contributed by atoms with E-state index in [4.69, 9.17) is 5.73 Å². The molecule has 4 N–H and O–H groups in total. The highest BCUT2D eigenvalue weighted by Gasteiger charge is 2.41. The van der Waals surface area contributed by atoms with E-state index < -0.39 is 5.41 Å². The largest absolute Gasteiger partial charge is 0.355 e. The first-order chi connectivity index (χ1) is 11.8. The van der Waals surface area contributed by atoms with Gasteiger partial charge in [0.25, 0.3) is 0 Å². The van der Waals surface area contributed by atoms with Crippen LogP contribution in [0.1, 0.15) is 56.6 Å². The minimum absolute atomic E-state index is 0. The fourth-order valence-corrected chi connectivity index (χ4v) is 3.33. The van der Waals surface area contributed by atoms with Crippen LogP contribution in [0.2, 0.25) is 0 Å². The molecule has 1 saturated carbocycles. The van der Waals surface area contributed by atoms with Gasteiger partial charge in [0.1, 0.15) is 0 Å². The highest BCUT2D eigenvalue weighted by molar-refractivity contribution is 5.96. The molecular weight excluding hydrogens is 350 g/mol. The minimum atomic E-state index is -0.497. The number of nitrogens with two attached hydrogens (primary N) is 1. The standard InChI is InChI=1S/C20H31N3O2.ClH/c1-14-6-8-17(12-15(14)2)23-19(25)20(10-4-5-11-20)13-22-18(24)9-7-16(3)21;/h6,8,12,16H,4-5,7,9-11,13,21H2,1-3H3,(H,22,24)(H,23,25);1H. The first kappa shape index (κ1) is 22.5. The molecule has 1 aromatic carbocycles. The van der Waals surface area contributed by atoms with Crippen LogP contribution >= 0.6 is 12.4 Å². The number of carbonyl (C=O) groups excluding carboxylic acids is 2. The third kappa shape index (κ3) is 5.99. The molecule has 146 valence electrons. The van der Waals surface area contributed by atoms with Crippen LogP contribution in [0.4, 0.5) is 5.69 Å². The Morgan fingerprint density at radius 1 is 1.19 bits per heavy atom. The van der Waals surface area contributed by atoms with Gasteiger partial charge in [-0.1, -0.05) is 18.9 Å². The highest BCUT2D eigenvalue weighted by Crippen LogP contribution is 2.38. The third-order valence-electron chi connectivity index (χ3n) is 5.26. The van der Waals surface area contributed by atoms with Crippen LogP contribution in [-0.2, 0) is 9.59 Å². The topological polar surface area (TPSA) is 84.2 Å². The maximum atomic E-state index is 12.9. The van der Waals surface area contributed by atoms with Gasteiger partial charge in [-0.15, -0.1) is 12.4 Å². The molecule has 0 bridgehead atoms. The van der Waals surface area contributed by atoms with Gasteiger partial charge in [0.2, 0.25) is 11.8 Å². The van der Waals surface area contributed by atoms with Crippen molar-refractivity contribution in [2.75, 3.05) is 11.9 Å². The molecule has 0 aromatic heterocycles. The quantitative estimate of drug-likeness (QED) is 0.676. The van der Waals surface area contributed by atoms with E-state index in [1.807, 2.05) is 32.0 Å². The van der Waals surface area contributed by atoms with Crippen LogP contribution in [0.15, 0.2) is 18.2 Å². The molecule has 0 aliphatic heterocycles. The summed E-state index contributed by atoms with van der Waals surface area (Å²) < 4.78 is 0. The molecule has 1 unspecified atom stereocenters. The van der Waals surface area contributed by atoms with Crippen LogP contribution in [0.3, 0.4) is 0 Å². The van der Waals surface area contributed by atoms with Gasteiger partial charge < -0.3 is 16.4 Å². The van der Waals surface area contributed by atoms with Crippen LogP contribution in [0, 0.1) is 19.3 Å². The molecule has 6 heteroatoms. The zero-order valence-corrected chi connectivity index (χ0v) is 16.9. The summed E-state index contributed by atoms with van der Waals surface area (Å²) in [5, 5.41) is 6.01. The van der Waals surface area contributed by atoms with Crippen molar-refractivity contribution in [3.8, 4) is 0 Å². The van der Waals surface area contributed by atoms with Crippen molar-refractivity contribution in [2.45, 2.75) is 65.3 Å². The number of halogens is 1. The van der Waals surface area contributed by atoms with Crippen molar-refractivity contribution in [1.29, 1.82) is 0 Å².